The number of hydrogen-bond donors (Lipinski definition) is 2. The van der Waals surface area contributed by atoms with E-state index >= 15 is 0 Å². The molecule has 0 saturated heterocycles. The Morgan fingerprint density at radius 3 is 2.18 bits per heavy atom. The van der Waals surface area contributed by atoms with E-state index in [2.05, 4.69) is 0 Å². The Morgan fingerprint density at radius 1 is 1.45 bits per heavy atom. The van der Waals surface area contributed by atoms with Gasteiger partial charge in [0.05, 0.1) is 5.75 Å². The van der Waals surface area contributed by atoms with Crippen LogP contribution in [0.2, 0.25) is 0 Å². The van der Waals surface area contributed by atoms with E-state index < -0.39 is 21.9 Å². The average molecular weight is 181 g/mol. The quantitative estimate of drug-likeness (QED) is 0.507. The second-order valence-electron chi connectivity index (χ2n) is 1.64. The lowest BCUT2D eigenvalue weighted by Crippen LogP contribution is -2.36. The Morgan fingerprint density at radius 2 is 1.91 bits per heavy atom. The highest BCUT2D eigenvalue weighted by Gasteiger charge is 2.17. The summed E-state index contributed by atoms with van der Waals surface area (Å²) in [7, 11) is -3.74. The summed E-state index contributed by atoms with van der Waals surface area (Å²) in [5.74, 6) is -3.68. The first-order chi connectivity index (χ1) is 4.89. The van der Waals surface area contributed by atoms with Crippen LogP contribution in [0.3, 0.4) is 0 Å². The summed E-state index contributed by atoms with van der Waals surface area (Å²) in [6, 6.07) is 0. The maximum atomic E-state index is 10.5. The Kier molecular flexibility index (Phi) is 2.99. The number of carbonyl (C=O) groups is 2. The molecule has 0 fully saturated rings. The molecule has 0 unspecified atom stereocenters. The molecule has 0 aromatic heterocycles. The maximum Gasteiger partial charge on any atom is 0.395 e. The van der Waals surface area contributed by atoms with Crippen LogP contribution < -0.4 is 4.72 Å². The van der Waals surface area contributed by atoms with Gasteiger partial charge < -0.3 is 5.11 Å². The van der Waals surface area contributed by atoms with Gasteiger partial charge in [-0.25, -0.2) is 17.9 Å². The molecule has 11 heavy (non-hydrogen) atoms. The van der Waals surface area contributed by atoms with Crippen LogP contribution in [0.25, 0.3) is 0 Å². The molecule has 0 spiro atoms. The van der Waals surface area contributed by atoms with Gasteiger partial charge in [0.15, 0.2) is 0 Å². The van der Waals surface area contributed by atoms with Gasteiger partial charge in [-0.05, 0) is 6.92 Å². The summed E-state index contributed by atoms with van der Waals surface area (Å²) in [6.45, 7) is 1.29. The second-order valence-corrected chi connectivity index (χ2v) is 3.65. The van der Waals surface area contributed by atoms with Crippen LogP contribution in [0.5, 0.6) is 0 Å². The van der Waals surface area contributed by atoms with E-state index in [-0.39, 0.29) is 5.75 Å². The van der Waals surface area contributed by atoms with Gasteiger partial charge in [-0.15, -0.1) is 0 Å². The van der Waals surface area contributed by atoms with E-state index in [1.807, 2.05) is 0 Å². The van der Waals surface area contributed by atoms with Gasteiger partial charge in [-0.1, -0.05) is 0 Å². The maximum absolute atomic E-state index is 10.5. The molecule has 0 aromatic rings. The highest BCUT2D eigenvalue weighted by atomic mass is 32.2. The fourth-order valence-corrected chi connectivity index (χ4v) is 0.771. The zero-order valence-corrected chi connectivity index (χ0v) is 6.51. The van der Waals surface area contributed by atoms with Crippen LogP contribution in [0.15, 0.2) is 0 Å². The molecule has 0 aliphatic carbocycles. The van der Waals surface area contributed by atoms with Gasteiger partial charge in [0, 0.05) is 0 Å². The highest BCUT2D eigenvalue weighted by molar-refractivity contribution is 7.90. The lowest BCUT2D eigenvalue weighted by atomic mass is 10.7. The molecule has 0 radical (unpaired) electrons. The van der Waals surface area contributed by atoms with E-state index in [0.29, 0.717) is 0 Å². The minimum atomic E-state index is -3.74. The number of amides is 1. The summed E-state index contributed by atoms with van der Waals surface area (Å²) >= 11 is 0. The van der Waals surface area contributed by atoms with Crippen molar-refractivity contribution in [2.24, 2.45) is 0 Å². The summed E-state index contributed by atoms with van der Waals surface area (Å²) in [5, 5.41) is 7.96. The molecule has 0 bridgehead atoms. The number of carboxylic acids is 1. The molecule has 1 amide bonds. The lowest BCUT2D eigenvalue weighted by molar-refractivity contribution is -0.149. The van der Waals surface area contributed by atoms with Crippen molar-refractivity contribution in [2.75, 3.05) is 5.75 Å². The Balaban J connectivity index is 4.29. The minimum absolute atomic E-state index is 0.327. The van der Waals surface area contributed by atoms with Gasteiger partial charge >= 0.3 is 11.9 Å². The number of nitrogens with one attached hydrogen (secondary N) is 1. The van der Waals surface area contributed by atoms with E-state index in [4.69, 9.17) is 5.11 Å². The predicted molar refractivity (Wildman–Crippen MR) is 35.2 cm³/mol. The smallest absolute Gasteiger partial charge is 0.395 e. The molecule has 64 valence electrons. The third-order valence-electron chi connectivity index (χ3n) is 0.822. The van der Waals surface area contributed by atoms with E-state index in [1.54, 1.807) is 0 Å². The molecule has 0 aliphatic heterocycles. The SMILES string of the molecule is CCS(=O)(=O)NC(=O)C(=O)O. The van der Waals surface area contributed by atoms with Crippen molar-refractivity contribution >= 4 is 21.9 Å². The van der Waals surface area contributed by atoms with Crippen molar-refractivity contribution in [1.29, 1.82) is 0 Å². The Hall–Kier alpha value is -1.11. The first-order valence-electron chi connectivity index (χ1n) is 2.67. The molecule has 0 rings (SSSR count). The summed E-state index contributed by atoms with van der Waals surface area (Å²) in [4.78, 5) is 20.0. The van der Waals surface area contributed by atoms with Crippen molar-refractivity contribution in [3.8, 4) is 0 Å². The van der Waals surface area contributed by atoms with E-state index in [1.165, 1.54) is 11.6 Å². The van der Waals surface area contributed by atoms with Gasteiger partial charge in [-0.3, -0.25) is 4.79 Å². The molecule has 0 atom stereocenters. The zero-order chi connectivity index (χ0) is 9.07. The Bertz CT molecular complexity index is 266. The highest BCUT2D eigenvalue weighted by Crippen LogP contribution is 1.81. The third kappa shape index (κ3) is 3.56. The van der Waals surface area contributed by atoms with Crippen LogP contribution in [0.4, 0.5) is 0 Å². The number of carboxylic acid groups (broad SMARTS) is 1. The molecule has 7 heteroatoms. The van der Waals surface area contributed by atoms with E-state index in [0.717, 1.165) is 0 Å². The van der Waals surface area contributed by atoms with E-state index in [9.17, 15) is 18.0 Å². The van der Waals surface area contributed by atoms with Crippen molar-refractivity contribution in [3.63, 3.8) is 0 Å². The summed E-state index contributed by atoms with van der Waals surface area (Å²) in [5.41, 5.74) is 0. The first-order valence-corrected chi connectivity index (χ1v) is 4.32. The topological polar surface area (TPSA) is 101 Å². The molecule has 0 aromatic carbocycles. The number of sulfonamides is 1. The van der Waals surface area contributed by atoms with Crippen LogP contribution in [0.1, 0.15) is 6.92 Å². The van der Waals surface area contributed by atoms with Gasteiger partial charge in [0.2, 0.25) is 10.0 Å². The van der Waals surface area contributed by atoms with Crippen molar-refractivity contribution in [3.05, 3.63) is 0 Å². The van der Waals surface area contributed by atoms with Crippen LogP contribution >= 0.6 is 0 Å². The fourth-order valence-electron chi connectivity index (χ4n) is 0.257. The molecule has 0 saturated carbocycles. The molecular formula is C4H7NO5S. The van der Waals surface area contributed by atoms with Crippen molar-refractivity contribution in [2.45, 2.75) is 6.92 Å². The normalized spacial score (nSPS) is 10.6. The van der Waals surface area contributed by atoms with Crippen molar-refractivity contribution in [1.82, 2.24) is 4.72 Å². The average Bonchev–Trinajstić information content (AvgIpc) is 1.87. The van der Waals surface area contributed by atoms with Crippen LogP contribution in [-0.4, -0.2) is 31.2 Å². The summed E-state index contributed by atoms with van der Waals surface area (Å²) < 4.78 is 22.4. The molecular weight excluding hydrogens is 174 g/mol. The Labute approximate surface area is 63.3 Å². The standard InChI is InChI=1S/C4H7NO5S/c1-2-11(9,10)5-3(6)4(7)8/h2H2,1H3,(H,5,6)(H,7,8). The first kappa shape index (κ1) is 9.89. The second kappa shape index (κ2) is 3.33. The largest absolute Gasteiger partial charge is 0.474 e. The van der Waals surface area contributed by atoms with Gasteiger partial charge in [0.25, 0.3) is 0 Å². The number of aliphatic carboxylic acids is 1. The zero-order valence-electron chi connectivity index (χ0n) is 5.70. The monoisotopic (exact) mass is 181 g/mol. The molecule has 2 N–H and O–H groups in total. The molecule has 6 nitrogen and oxygen atoms in total. The summed E-state index contributed by atoms with van der Waals surface area (Å²) in [6.07, 6.45) is 0. The fraction of sp³-hybridized carbons (Fsp3) is 0.500. The van der Waals surface area contributed by atoms with Crippen LogP contribution in [-0.2, 0) is 19.6 Å². The minimum Gasteiger partial charge on any atom is -0.474 e. The number of hydrogen-bond acceptors (Lipinski definition) is 4. The molecule has 0 aliphatic rings. The number of carbonyl (C=O) groups excluding carboxylic acids is 1. The predicted octanol–water partition coefficient (Wildman–Crippen LogP) is -1.46. The van der Waals surface area contributed by atoms with Crippen LogP contribution in [0, 0.1) is 0 Å². The molecule has 0 heterocycles. The van der Waals surface area contributed by atoms with Gasteiger partial charge in [0.1, 0.15) is 0 Å². The number of rotatable bonds is 2. The lowest BCUT2D eigenvalue weighted by Gasteiger charge is -1.98. The van der Waals surface area contributed by atoms with Gasteiger partial charge in [-0.2, -0.15) is 0 Å². The van der Waals surface area contributed by atoms with Crippen molar-refractivity contribution < 1.29 is 23.1 Å². The third-order valence-corrected chi connectivity index (χ3v) is 2.08.